The van der Waals surface area contributed by atoms with E-state index in [9.17, 15) is 0 Å². The van der Waals surface area contributed by atoms with Crippen LogP contribution in [0.3, 0.4) is 0 Å². The molecule has 2 heteroatoms. The zero-order valence-corrected chi connectivity index (χ0v) is 10.6. The van der Waals surface area contributed by atoms with Crippen molar-refractivity contribution in [2.24, 2.45) is 11.7 Å². The van der Waals surface area contributed by atoms with Crippen molar-refractivity contribution in [3.63, 3.8) is 0 Å². The standard InChI is InChI=1S/C13H27NO/c1-4-15-13(2,3)12(14)11-9-7-5-6-8-10-11/h11-12H,4-10,14H2,1-3H3. The van der Waals surface area contributed by atoms with Crippen LogP contribution in [0.25, 0.3) is 0 Å². The van der Waals surface area contributed by atoms with Gasteiger partial charge in [0, 0.05) is 12.6 Å². The fourth-order valence-corrected chi connectivity index (χ4v) is 2.71. The Balaban J connectivity index is 2.52. The van der Waals surface area contributed by atoms with Crippen LogP contribution in [0.1, 0.15) is 59.3 Å². The van der Waals surface area contributed by atoms with Gasteiger partial charge in [-0.05, 0) is 39.5 Å². The quantitative estimate of drug-likeness (QED) is 0.728. The van der Waals surface area contributed by atoms with E-state index in [0.29, 0.717) is 5.92 Å². The van der Waals surface area contributed by atoms with Gasteiger partial charge < -0.3 is 10.5 Å². The Hall–Kier alpha value is -0.0800. The molecule has 0 amide bonds. The zero-order valence-electron chi connectivity index (χ0n) is 10.6. The van der Waals surface area contributed by atoms with Crippen LogP contribution >= 0.6 is 0 Å². The highest BCUT2D eigenvalue weighted by molar-refractivity contribution is 4.89. The van der Waals surface area contributed by atoms with E-state index in [1.165, 1.54) is 38.5 Å². The van der Waals surface area contributed by atoms with Crippen LogP contribution in [0, 0.1) is 5.92 Å². The molecule has 2 nitrogen and oxygen atoms in total. The van der Waals surface area contributed by atoms with Gasteiger partial charge in [0.05, 0.1) is 5.60 Å². The molecule has 2 N–H and O–H groups in total. The molecule has 0 aromatic rings. The third kappa shape index (κ3) is 3.76. The lowest BCUT2D eigenvalue weighted by atomic mass is 9.83. The van der Waals surface area contributed by atoms with Gasteiger partial charge >= 0.3 is 0 Å². The van der Waals surface area contributed by atoms with Gasteiger partial charge in [-0.2, -0.15) is 0 Å². The lowest BCUT2D eigenvalue weighted by Crippen LogP contribution is -2.50. The molecule has 1 atom stereocenters. The van der Waals surface area contributed by atoms with Crippen molar-refractivity contribution >= 4 is 0 Å². The topological polar surface area (TPSA) is 35.2 Å². The average molecular weight is 213 g/mol. The Labute approximate surface area is 94.6 Å². The maximum absolute atomic E-state index is 6.36. The summed E-state index contributed by atoms with van der Waals surface area (Å²) in [5.74, 6) is 0.661. The molecular formula is C13H27NO. The summed E-state index contributed by atoms with van der Waals surface area (Å²) in [5, 5.41) is 0. The number of nitrogens with two attached hydrogens (primary N) is 1. The van der Waals surface area contributed by atoms with E-state index >= 15 is 0 Å². The first kappa shape index (κ1) is 13.0. The van der Waals surface area contributed by atoms with Crippen molar-refractivity contribution in [2.75, 3.05) is 6.61 Å². The second-order valence-corrected chi connectivity index (χ2v) is 5.31. The molecule has 1 aliphatic rings. The molecule has 1 rings (SSSR count). The van der Waals surface area contributed by atoms with Gasteiger partial charge in [0.15, 0.2) is 0 Å². The Bertz CT molecular complexity index is 171. The van der Waals surface area contributed by atoms with Crippen molar-refractivity contribution in [3.8, 4) is 0 Å². The van der Waals surface area contributed by atoms with Crippen LogP contribution < -0.4 is 5.73 Å². The first-order chi connectivity index (χ1) is 7.08. The summed E-state index contributed by atoms with van der Waals surface area (Å²) in [6, 6.07) is 0.190. The summed E-state index contributed by atoms with van der Waals surface area (Å²) < 4.78 is 5.76. The van der Waals surface area contributed by atoms with Gasteiger partial charge in [0.1, 0.15) is 0 Å². The number of hydrogen-bond donors (Lipinski definition) is 1. The minimum absolute atomic E-state index is 0.163. The van der Waals surface area contributed by atoms with E-state index in [1.54, 1.807) is 0 Å². The van der Waals surface area contributed by atoms with Gasteiger partial charge in [-0.3, -0.25) is 0 Å². The summed E-state index contributed by atoms with van der Waals surface area (Å²) in [5.41, 5.74) is 6.19. The monoisotopic (exact) mass is 213 g/mol. The summed E-state index contributed by atoms with van der Waals surface area (Å²) >= 11 is 0. The average Bonchev–Trinajstić information content (AvgIpc) is 2.44. The van der Waals surface area contributed by atoms with Crippen LogP contribution in [0.4, 0.5) is 0 Å². The van der Waals surface area contributed by atoms with Gasteiger partial charge in [-0.15, -0.1) is 0 Å². The molecule has 0 aliphatic heterocycles. The van der Waals surface area contributed by atoms with Gasteiger partial charge in [0.25, 0.3) is 0 Å². The van der Waals surface area contributed by atoms with Crippen molar-refractivity contribution in [1.82, 2.24) is 0 Å². The normalized spacial score (nSPS) is 22.4. The van der Waals surface area contributed by atoms with Crippen molar-refractivity contribution in [2.45, 2.75) is 70.9 Å². The predicted octanol–water partition coefficient (Wildman–Crippen LogP) is 3.10. The Morgan fingerprint density at radius 3 is 2.20 bits per heavy atom. The lowest BCUT2D eigenvalue weighted by Gasteiger charge is -2.36. The second kappa shape index (κ2) is 5.86. The van der Waals surface area contributed by atoms with E-state index in [1.807, 2.05) is 6.92 Å². The zero-order chi connectivity index (χ0) is 11.3. The molecule has 0 saturated heterocycles. The van der Waals surface area contributed by atoms with Crippen LogP contribution in [-0.4, -0.2) is 18.2 Å². The van der Waals surface area contributed by atoms with Crippen LogP contribution in [0.15, 0.2) is 0 Å². The van der Waals surface area contributed by atoms with Gasteiger partial charge in [-0.1, -0.05) is 25.7 Å². The van der Waals surface area contributed by atoms with Crippen LogP contribution in [0.2, 0.25) is 0 Å². The first-order valence-electron chi connectivity index (χ1n) is 6.47. The molecule has 1 saturated carbocycles. The second-order valence-electron chi connectivity index (χ2n) is 5.31. The van der Waals surface area contributed by atoms with Gasteiger partial charge in [0.2, 0.25) is 0 Å². The molecule has 15 heavy (non-hydrogen) atoms. The SMILES string of the molecule is CCOC(C)(C)C(N)C1CCCCCC1. The summed E-state index contributed by atoms with van der Waals surface area (Å²) in [6.45, 7) is 7.06. The smallest absolute Gasteiger partial charge is 0.0779 e. The highest BCUT2D eigenvalue weighted by Gasteiger charge is 2.33. The molecule has 0 radical (unpaired) electrons. The van der Waals surface area contributed by atoms with E-state index < -0.39 is 0 Å². The molecule has 1 aliphatic carbocycles. The third-order valence-corrected chi connectivity index (χ3v) is 3.73. The van der Waals surface area contributed by atoms with E-state index in [2.05, 4.69) is 13.8 Å². The summed E-state index contributed by atoms with van der Waals surface area (Å²) in [6.07, 6.45) is 8.05. The van der Waals surface area contributed by atoms with Crippen molar-refractivity contribution in [3.05, 3.63) is 0 Å². The molecule has 1 fully saturated rings. The fraction of sp³-hybridized carbons (Fsp3) is 1.00. The molecule has 0 aromatic heterocycles. The van der Waals surface area contributed by atoms with Gasteiger partial charge in [-0.25, -0.2) is 0 Å². The lowest BCUT2D eigenvalue weighted by molar-refractivity contribution is -0.0440. The maximum Gasteiger partial charge on any atom is 0.0779 e. The molecule has 0 bridgehead atoms. The summed E-state index contributed by atoms with van der Waals surface area (Å²) in [7, 11) is 0. The minimum Gasteiger partial charge on any atom is -0.374 e. The minimum atomic E-state index is -0.163. The molecule has 90 valence electrons. The Morgan fingerprint density at radius 2 is 1.73 bits per heavy atom. The highest BCUT2D eigenvalue weighted by atomic mass is 16.5. The van der Waals surface area contributed by atoms with Crippen molar-refractivity contribution < 1.29 is 4.74 Å². The van der Waals surface area contributed by atoms with E-state index in [-0.39, 0.29) is 11.6 Å². The molecule has 0 spiro atoms. The molecule has 0 aromatic carbocycles. The number of hydrogen-bond acceptors (Lipinski definition) is 2. The van der Waals surface area contributed by atoms with E-state index in [4.69, 9.17) is 10.5 Å². The predicted molar refractivity (Wildman–Crippen MR) is 64.9 cm³/mol. The highest BCUT2D eigenvalue weighted by Crippen LogP contribution is 2.30. The van der Waals surface area contributed by atoms with Crippen molar-refractivity contribution in [1.29, 1.82) is 0 Å². The molecular weight excluding hydrogens is 186 g/mol. The number of ether oxygens (including phenoxy) is 1. The first-order valence-corrected chi connectivity index (χ1v) is 6.47. The molecule has 0 heterocycles. The Morgan fingerprint density at radius 1 is 1.20 bits per heavy atom. The molecule has 1 unspecified atom stereocenters. The van der Waals surface area contributed by atoms with Crippen LogP contribution in [0.5, 0.6) is 0 Å². The maximum atomic E-state index is 6.36. The number of rotatable bonds is 4. The van der Waals surface area contributed by atoms with E-state index in [0.717, 1.165) is 6.61 Å². The third-order valence-electron chi connectivity index (χ3n) is 3.73. The fourth-order valence-electron chi connectivity index (χ4n) is 2.71. The Kier molecular flexibility index (Phi) is 5.07. The largest absolute Gasteiger partial charge is 0.374 e. The van der Waals surface area contributed by atoms with Crippen LogP contribution in [-0.2, 0) is 4.74 Å². The summed E-state index contributed by atoms with van der Waals surface area (Å²) in [4.78, 5) is 0.